The van der Waals surface area contributed by atoms with Gasteiger partial charge in [-0.2, -0.15) is 0 Å². The quantitative estimate of drug-likeness (QED) is 0.796. The normalized spacial score (nSPS) is 10.8. The molecule has 1 aromatic carbocycles. The topological polar surface area (TPSA) is 16.1 Å². The van der Waals surface area contributed by atoms with E-state index in [1.165, 1.54) is 22.5 Å². The molecule has 0 radical (unpaired) electrons. The van der Waals surface area contributed by atoms with E-state index in [2.05, 4.69) is 68.0 Å². The third kappa shape index (κ3) is 2.95. The summed E-state index contributed by atoms with van der Waals surface area (Å²) in [7, 11) is 2.11. The minimum absolute atomic E-state index is 0.575. The van der Waals surface area contributed by atoms with Gasteiger partial charge in [0.2, 0.25) is 0 Å². The Labute approximate surface area is 116 Å². The fourth-order valence-electron chi connectivity index (χ4n) is 2.24. The van der Waals surface area contributed by atoms with Crippen molar-refractivity contribution in [3.63, 3.8) is 0 Å². The Morgan fingerprint density at radius 1 is 1.11 bits per heavy atom. The number of anilines is 2. The summed E-state index contributed by atoms with van der Waals surface area (Å²) in [6, 6.07) is 10.9. The van der Waals surface area contributed by atoms with Crippen LogP contribution >= 0.6 is 0 Å². The summed E-state index contributed by atoms with van der Waals surface area (Å²) in [5.41, 5.74) is 5.10. The molecule has 0 aliphatic heterocycles. The molecule has 1 heterocycles. The van der Waals surface area contributed by atoms with Crippen molar-refractivity contribution in [2.45, 2.75) is 33.1 Å². The number of rotatable bonds is 4. The highest BCUT2D eigenvalue weighted by molar-refractivity contribution is 5.65. The highest BCUT2D eigenvalue weighted by Crippen LogP contribution is 2.27. The lowest BCUT2D eigenvalue weighted by atomic mass is 10.0. The zero-order chi connectivity index (χ0) is 13.8. The Morgan fingerprint density at radius 3 is 2.37 bits per heavy atom. The molecule has 0 fully saturated rings. The largest absolute Gasteiger partial charge is 0.344 e. The van der Waals surface area contributed by atoms with Crippen LogP contribution in [0.3, 0.4) is 0 Å². The SMILES string of the molecule is CCc1cnccc1N(C)c1ccc(C(C)C)cc1. The second kappa shape index (κ2) is 5.87. The Hall–Kier alpha value is -1.83. The molecule has 0 atom stereocenters. The van der Waals surface area contributed by atoms with E-state index in [9.17, 15) is 0 Å². The zero-order valence-corrected chi connectivity index (χ0v) is 12.2. The molecule has 0 spiro atoms. The van der Waals surface area contributed by atoms with Gasteiger partial charge in [0.25, 0.3) is 0 Å². The summed E-state index contributed by atoms with van der Waals surface area (Å²) in [6.07, 6.45) is 4.80. The molecule has 0 unspecified atom stereocenters. The molecule has 0 saturated heterocycles. The van der Waals surface area contributed by atoms with E-state index in [1.807, 2.05) is 12.4 Å². The first-order valence-corrected chi connectivity index (χ1v) is 6.90. The van der Waals surface area contributed by atoms with Crippen molar-refractivity contribution >= 4 is 11.4 Å². The van der Waals surface area contributed by atoms with Crippen molar-refractivity contribution in [2.24, 2.45) is 0 Å². The van der Waals surface area contributed by atoms with Crippen molar-refractivity contribution in [1.29, 1.82) is 0 Å². The van der Waals surface area contributed by atoms with Crippen LogP contribution in [-0.4, -0.2) is 12.0 Å². The Morgan fingerprint density at radius 2 is 1.79 bits per heavy atom. The fraction of sp³-hybridized carbons (Fsp3) is 0.353. The lowest BCUT2D eigenvalue weighted by Gasteiger charge is -2.22. The van der Waals surface area contributed by atoms with Crippen LogP contribution in [-0.2, 0) is 6.42 Å². The summed E-state index contributed by atoms with van der Waals surface area (Å²) in [6.45, 7) is 6.60. The van der Waals surface area contributed by atoms with Crippen LogP contribution in [0, 0.1) is 0 Å². The molecule has 0 aliphatic rings. The Bertz CT molecular complexity index is 529. The van der Waals surface area contributed by atoms with Crippen molar-refractivity contribution in [1.82, 2.24) is 4.98 Å². The average molecular weight is 254 g/mol. The first-order valence-electron chi connectivity index (χ1n) is 6.90. The molecule has 0 aliphatic carbocycles. The highest BCUT2D eigenvalue weighted by Gasteiger charge is 2.08. The molecule has 0 saturated carbocycles. The van der Waals surface area contributed by atoms with Gasteiger partial charge < -0.3 is 4.90 Å². The van der Waals surface area contributed by atoms with Crippen LogP contribution in [0.2, 0.25) is 0 Å². The molecule has 2 rings (SSSR count). The highest BCUT2D eigenvalue weighted by atomic mass is 15.1. The molecule has 0 amide bonds. The molecule has 19 heavy (non-hydrogen) atoms. The van der Waals surface area contributed by atoms with Crippen LogP contribution < -0.4 is 4.90 Å². The second-order valence-corrected chi connectivity index (χ2v) is 5.16. The summed E-state index contributed by atoms with van der Waals surface area (Å²) in [5, 5.41) is 0. The number of hydrogen-bond donors (Lipinski definition) is 0. The maximum atomic E-state index is 4.20. The van der Waals surface area contributed by atoms with Gasteiger partial charge in [-0.05, 0) is 41.7 Å². The van der Waals surface area contributed by atoms with Crippen LogP contribution in [0.15, 0.2) is 42.7 Å². The van der Waals surface area contributed by atoms with Crippen LogP contribution in [0.4, 0.5) is 11.4 Å². The summed E-state index contributed by atoms with van der Waals surface area (Å²) in [5.74, 6) is 0.575. The number of aromatic nitrogens is 1. The Kier molecular flexibility index (Phi) is 4.20. The van der Waals surface area contributed by atoms with E-state index in [1.54, 1.807) is 0 Å². The number of benzene rings is 1. The summed E-state index contributed by atoms with van der Waals surface area (Å²) in [4.78, 5) is 6.43. The van der Waals surface area contributed by atoms with Crippen molar-refractivity contribution in [3.8, 4) is 0 Å². The van der Waals surface area contributed by atoms with Gasteiger partial charge in [0, 0.05) is 30.8 Å². The standard InChI is InChI=1S/C17H22N2/c1-5-14-12-18-11-10-17(14)19(4)16-8-6-15(7-9-16)13(2)3/h6-13H,5H2,1-4H3. The predicted octanol–water partition coefficient (Wildman–Crippen LogP) is 4.54. The van der Waals surface area contributed by atoms with E-state index in [0.717, 1.165) is 6.42 Å². The third-order valence-corrected chi connectivity index (χ3v) is 3.57. The van der Waals surface area contributed by atoms with E-state index in [0.29, 0.717) is 5.92 Å². The first-order chi connectivity index (χ1) is 9.13. The second-order valence-electron chi connectivity index (χ2n) is 5.16. The fourth-order valence-corrected chi connectivity index (χ4v) is 2.24. The summed E-state index contributed by atoms with van der Waals surface area (Å²) >= 11 is 0. The summed E-state index contributed by atoms with van der Waals surface area (Å²) < 4.78 is 0. The van der Waals surface area contributed by atoms with Gasteiger partial charge in [-0.1, -0.05) is 32.9 Å². The van der Waals surface area contributed by atoms with Gasteiger partial charge in [-0.15, -0.1) is 0 Å². The monoisotopic (exact) mass is 254 g/mol. The minimum atomic E-state index is 0.575. The minimum Gasteiger partial charge on any atom is -0.344 e. The zero-order valence-electron chi connectivity index (χ0n) is 12.2. The van der Waals surface area contributed by atoms with Crippen molar-refractivity contribution < 1.29 is 0 Å². The van der Waals surface area contributed by atoms with Gasteiger partial charge in [0.05, 0.1) is 0 Å². The predicted molar refractivity (Wildman–Crippen MR) is 82.2 cm³/mol. The van der Waals surface area contributed by atoms with E-state index in [-0.39, 0.29) is 0 Å². The van der Waals surface area contributed by atoms with Crippen LogP contribution in [0.1, 0.15) is 37.8 Å². The molecule has 0 N–H and O–H groups in total. The molecule has 2 nitrogen and oxygen atoms in total. The molecule has 2 aromatic rings. The van der Waals surface area contributed by atoms with Gasteiger partial charge >= 0.3 is 0 Å². The van der Waals surface area contributed by atoms with Gasteiger partial charge in [-0.25, -0.2) is 0 Å². The van der Waals surface area contributed by atoms with Crippen LogP contribution in [0.25, 0.3) is 0 Å². The lowest BCUT2D eigenvalue weighted by molar-refractivity contribution is 0.866. The first kappa shape index (κ1) is 13.6. The number of pyridine rings is 1. The smallest absolute Gasteiger partial charge is 0.0471 e. The number of nitrogens with zero attached hydrogens (tertiary/aromatic N) is 2. The van der Waals surface area contributed by atoms with E-state index >= 15 is 0 Å². The molecule has 2 heteroatoms. The third-order valence-electron chi connectivity index (χ3n) is 3.57. The van der Waals surface area contributed by atoms with E-state index < -0.39 is 0 Å². The van der Waals surface area contributed by atoms with Crippen molar-refractivity contribution in [3.05, 3.63) is 53.9 Å². The van der Waals surface area contributed by atoms with Gasteiger partial charge in [-0.3, -0.25) is 4.98 Å². The van der Waals surface area contributed by atoms with Gasteiger partial charge in [0.15, 0.2) is 0 Å². The maximum Gasteiger partial charge on any atom is 0.0471 e. The lowest BCUT2D eigenvalue weighted by Crippen LogP contribution is -2.11. The molecule has 100 valence electrons. The molecule has 0 bridgehead atoms. The number of aryl methyl sites for hydroxylation is 1. The maximum absolute atomic E-state index is 4.20. The molecular formula is C17H22N2. The Balaban J connectivity index is 2.30. The molecular weight excluding hydrogens is 232 g/mol. The molecule has 1 aromatic heterocycles. The van der Waals surface area contributed by atoms with E-state index in [4.69, 9.17) is 0 Å². The number of hydrogen-bond acceptors (Lipinski definition) is 2. The average Bonchev–Trinajstić information content (AvgIpc) is 2.46. The van der Waals surface area contributed by atoms with Crippen LogP contribution in [0.5, 0.6) is 0 Å². The van der Waals surface area contributed by atoms with Gasteiger partial charge in [0.1, 0.15) is 0 Å². The van der Waals surface area contributed by atoms with Crippen molar-refractivity contribution in [2.75, 3.05) is 11.9 Å².